The first kappa shape index (κ1) is 10.4. The van der Waals surface area contributed by atoms with Gasteiger partial charge < -0.3 is 20.5 Å². The first-order valence-corrected chi connectivity index (χ1v) is 4.34. The summed E-state index contributed by atoms with van der Waals surface area (Å²) in [5, 5.41) is 8.47. The quantitative estimate of drug-likeness (QED) is 0.530. The number of nitrogens with two attached hydrogens (primary N) is 1. The van der Waals surface area contributed by atoms with Crippen LogP contribution in [0.15, 0.2) is 0 Å². The summed E-state index contributed by atoms with van der Waals surface area (Å²) < 4.78 is 4.79. The van der Waals surface area contributed by atoms with E-state index in [1.807, 2.05) is 11.9 Å². The first-order valence-electron chi connectivity index (χ1n) is 4.34. The van der Waals surface area contributed by atoms with Gasteiger partial charge in [-0.1, -0.05) is 0 Å². The van der Waals surface area contributed by atoms with E-state index >= 15 is 0 Å². The molecule has 0 saturated carbocycles. The maximum Gasteiger partial charge on any atom is 0.327 e. The molecule has 76 valence electrons. The number of likely N-dealkylation sites (N-methyl/N-ethyl adjacent to an activating group) is 1. The van der Waals surface area contributed by atoms with Gasteiger partial charge in [-0.2, -0.15) is 0 Å². The van der Waals surface area contributed by atoms with Crippen molar-refractivity contribution in [3.05, 3.63) is 0 Å². The minimum Gasteiger partial charge on any atom is -0.462 e. The maximum atomic E-state index is 11.4. The second kappa shape index (κ2) is 4.04. The van der Waals surface area contributed by atoms with Gasteiger partial charge in [0.1, 0.15) is 12.1 Å². The van der Waals surface area contributed by atoms with Crippen LogP contribution in [0, 0.1) is 0 Å². The number of nitrogens with zero attached hydrogens (tertiary/aromatic N) is 1. The number of aliphatic hydroxyl groups is 1. The van der Waals surface area contributed by atoms with Gasteiger partial charge in [0.2, 0.25) is 0 Å². The smallest absolute Gasteiger partial charge is 0.327 e. The van der Waals surface area contributed by atoms with E-state index in [0.29, 0.717) is 13.0 Å². The van der Waals surface area contributed by atoms with Crippen LogP contribution in [0.5, 0.6) is 0 Å². The van der Waals surface area contributed by atoms with Crippen molar-refractivity contribution in [2.45, 2.75) is 12.0 Å². The maximum absolute atomic E-state index is 11.4. The molecule has 1 heterocycles. The standard InChI is InChI=1S/C8H16N2O3/c1-10-3-2-8(9,6-10)7(12)13-5-4-11/h11H,2-6,9H2,1H3. The molecule has 5 nitrogen and oxygen atoms in total. The number of hydrogen-bond acceptors (Lipinski definition) is 5. The van der Waals surface area contributed by atoms with E-state index in [2.05, 4.69) is 0 Å². The Bertz CT molecular complexity index is 198. The van der Waals surface area contributed by atoms with Crippen molar-refractivity contribution >= 4 is 5.97 Å². The Hall–Kier alpha value is -0.650. The molecule has 0 bridgehead atoms. The van der Waals surface area contributed by atoms with Crippen LogP contribution in [0.25, 0.3) is 0 Å². The van der Waals surface area contributed by atoms with E-state index in [9.17, 15) is 4.79 Å². The topological polar surface area (TPSA) is 75.8 Å². The lowest BCUT2D eigenvalue weighted by atomic mass is 10.0. The van der Waals surface area contributed by atoms with Gasteiger partial charge in [-0.3, -0.25) is 4.79 Å². The number of likely N-dealkylation sites (tertiary alicyclic amines) is 1. The molecule has 0 radical (unpaired) electrons. The van der Waals surface area contributed by atoms with Crippen molar-refractivity contribution in [2.75, 3.05) is 33.4 Å². The molecule has 1 saturated heterocycles. The van der Waals surface area contributed by atoms with Crippen LogP contribution in [-0.2, 0) is 9.53 Å². The molecular formula is C8H16N2O3. The van der Waals surface area contributed by atoms with Crippen molar-refractivity contribution in [2.24, 2.45) is 5.73 Å². The molecule has 1 atom stereocenters. The molecule has 0 spiro atoms. The van der Waals surface area contributed by atoms with Crippen molar-refractivity contribution in [3.8, 4) is 0 Å². The Balaban J connectivity index is 2.45. The number of ether oxygens (including phenoxy) is 1. The summed E-state index contributed by atoms with van der Waals surface area (Å²) in [7, 11) is 1.91. The van der Waals surface area contributed by atoms with Crippen molar-refractivity contribution < 1.29 is 14.6 Å². The third kappa shape index (κ3) is 2.40. The second-order valence-electron chi connectivity index (χ2n) is 3.50. The van der Waals surface area contributed by atoms with Crippen molar-refractivity contribution in [1.29, 1.82) is 0 Å². The van der Waals surface area contributed by atoms with Crippen LogP contribution in [0.1, 0.15) is 6.42 Å². The third-order valence-corrected chi connectivity index (χ3v) is 2.22. The minimum absolute atomic E-state index is 0.0293. The van der Waals surface area contributed by atoms with Crippen molar-refractivity contribution in [3.63, 3.8) is 0 Å². The summed E-state index contributed by atoms with van der Waals surface area (Å²) in [5.41, 5.74) is 4.96. The van der Waals surface area contributed by atoms with Crippen molar-refractivity contribution in [1.82, 2.24) is 4.90 Å². The van der Waals surface area contributed by atoms with E-state index in [1.165, 1.54) is 0 Å². The Morgan fingerprint density at radius 2 is 2.46 bits per heavy atom. The van der Waals surface area contributed by atoms with Crippen LogP contribution in [-0.4, -0.2) is 54.9 Å². The van der Waals surface area contributed by atoms with Gasteiger partial charge >= 0.3 is 5.97 Å². The molecule has 13 heavy (non-hydrogen) atoms. The average molecular weight is 188 g/mol. The van der Waals surface area contributed by atoms with Gasteiger partial charge in [-0.05, 0) is 13.5 Å². The molecule has 1 aliphatic rings. The number of rotatable bonds is 3. The summed E-state index contributed by atoms with van der Waals surface area (Å²) in [5.74, 6) is -0.411. The molecule has 0 aromatic carbocycles. The van der Waals surface area contributed by atoms with E-state index in [-0.39, 0.29) is 13.2 Å². The zero-order valence-electron chi connectivity index (χ0n) is 7.82. The fraction of sp³-hybridized carbons (Fsp3) is 0.875. The summed E-state index contributed by atoms with van der Waals surface area (Å²) in [6, 6.07) is 0. The fourth-order valence-corrected chi connectivity index (χ4v) is 1.48. The summed E-state index contributed by atoms with van der Waals surface area (Å²) in [6.45, 7) is 1.21. The molecule has 5 heteroatoms. The third-order valence-electron chi connectivity index (χ3n) is 2.22. The molecular weight excluding hydrogens is 172 g/mol. The molecule has 0 aliphatic carbocycles. The molecule has 0 amide bonds. The van der Waals surface area contributed by atoms with Crippen LogP contribution in [0.4, 0.5) is 0 Å². The van der Waals surface area contributed by atoms with Gasteiger partial charge in [0, 0.05) is 13.1 Å². The van der Waals surface area contributed by atoms with Gasteiger partial charge in [0.05, 0.1) is 6.61 Å². The normalized spacial score (nSPS) is 29.2. The number of esters is 1. The van der Waals surface area contributed by atoms with E-state index in [0.717, 1.165) is 6.54 Å². The second-order valence-corrected chi connectivity index (χ2v) is 3.50. The highest BCUT2D eigenvalue weighted by Crippen LogP contribution is 2.18. The largest absolute Gasteiger partial charge is 0.462 e. The molecule has 1 unspecified atom stereocenters. The summed E-state index contributed by atoms with van der Waals surface area (Å²) in [6.07, 6.45) is 0.619. The molecule has 1 rings (SSSR count). The average Bonchev–Trinajstić information content (AvgIpc) is 2.43. The molecule has 0 aromatic heterocycles. The molecule has 1 fully saturated rings. The predicted molar refractivity (Wildman–Crippen MR) is 47.1 cm³/mol. The highest BCUT2D eigenvalue weighted by molar-refractivity contribution is 5.81. The zero-order chi connectivity index (χ0) is 9.90. The van der Waals surface area contributed by atoms with E-state index < -0.39 is 11.5 Å². The number of aliphatic hydroxyl groups excluding tert-OH is 1. The summed E-state index contributed by atoms with van der Waals surface area (Å²) >= 11 is 0. The lowest BCUT2D eigenvalue weighted by Gasteiger charge is -2.21. The first-order chi connectivity index (χ1) is 6.08. The lowest BCUT2D eigenvalue weighted by molar-refractivity contribution is -0.150. The van der Waals surface area contributed by atoms with Crippen LogP contribution >= 0.6 is 0 Å². The Labute approximate surface area is 77.5 Å². The van der Waals surface area contributed by atoms with E-state index in [1.54, 1.807) is 0 Å². The minimum atomic E-state index is -0.871. The number of carbonyl (C=O) groups excluding carboxylic acids is 1. The van der Waals surface area contributed by atoms with Gasteiger partial charge in [0.15, 0.2) is 0 Å². The monoisotopic (exact) mass is 188 g/mol. The summed E-state index contributed by atoms with van der Waals surface area (Å²) in [4.78, 5) is 13.4. The Kier molecular flexibility index (Phi) is 3.24. The van der Waals surface area contributed by atoms with E-state index in [4.69, 9.17) is 15.6 Å². The van der Waals surface area contributed by atoms with Gasteiger partial charge in [-0.15, -0.1) is 0 Å². The number of carbonyl (C=O) groups is 1. The zero-order valence-corrected chi connectivity index (χ0v) is 7.82. The highest BCUT2D eigenvalue weighted by atomic mass is 16.5. The number of hydrogen-bond donors (Lipinski definition) is 2. The Morgan fingerprint density at radius 1 is 1.77 bits per heavy atom. The molecule has 1 aliphatic heterocycles. The predicted octanol–water partition coefficient (Wildman–Crippen LogP) is -1.45. The van der Waals surface area contributed by atoms with Crippen LogP contribution in [0.3, 0.4) is 0 Å². The van der Waals surface area contributed by atoms with Crippen LogP contribution in [0.2, 0.25) is 0 Å². The SMILES string of the molecule is CN1CCC(N)(C(=O)OCCO)C1. The highest BCUT2D eigenvalue weighted by Gasteiger charge is 2.41. The Morgan fingerprint density at radius 3 is 2.92 bits per heavy atom. The molecule has 3 N–H and O–H groups in total. The lowest BCUT2D eigenvalue weighted by Crippen LogP contribution is -2.51. The van der Waals surface area contributed by atoms with Gasteiger partial charge in [0.25, 0.3) is 0 Å². The fourth-order valence-electron chi connectivity index (χ4n) is 1.48. The van der Waals surface area contributed by atoms with Crippen LogP contribution < -0.4 is 5.73 Å². The van der Waals surface area contributed by atoms with Gasteiger partial charge in [-0.25, -0.2) is 0 Å². The molecule has 0 aromatic rings.